The minimum atomic E-state index is -1.97. The number of aromatic nitrogens is 1. The third-order valence-electron chi connectivity index (χ3n) is 21.2. The summed E-state index contributed by atoms with van der Waals surface area (Å²) in [7, 11) is 0. The van der Waals surface area contributed by atoms with Gasteiger partial charge in [-0.3, -0.25) is 109 Å². The Kier molecular flexibility index (Phi) is 44.7. The van der Waals surface area contributed by atoms with Crippen LogP contribution in [0.25, 0.3) is 10.9 Å². The summed E-state index contributed by atoms with van der Waals surface area (Å²) in [5.74, 6) is -18.7. The SMILES string of the molecule is C[C@@H]1NC(=O)[C@H](CCCNC(=N)N)NC(=O)[C@H](CCCNC(=N)N)NC(=O)[C@H](CCCNC(=N)N)NC(=O)[C@H](Cc2c[nH]c3ccccc23)NC(=O)[C@H]2CCCN2C(=O)[C@@H]2CCCN2C(=O)[C@H](CCCNC(=N)N)NC(=O)[C@H](CCCNC(=N)N)NC(=O)[C@H](CC(N)=O)NC(=O)[C@H](CCCNC(=N)N)NC(=O)[C@H](CCC(N)=O)NC(=O)[C@H](CCCCN)NC(=O)CNC1=O. The van der Waals surface area contributed by atoms with Crippen molar-refractivity contribution in [3.8, 4) is 0 Å². The highest BCUT2D eigenvalue weighted by Crippen LogP contribution is 2.28. The van der Waals surface area contributed by atoms with E-state index in [0.717, 1.165) is 0 Å². The van der Waals surface area contributed by atoms with Crippen LogP contribution in [0, 0.1) is 32.5 Å². The number of para-hydroxylation sites is 1. The van der Waals surface area contributed by atoms with E-state index in [0.29, 0.717) is 22.9 Å². The van der Waals surface area contributed by atoms with Crippen molar-refractivity contribution in [1.29, 1.82) is 32.5 Å². The number of hydrogen-bond donors (Lipinski definition) is 34. The fraction of sp³-hybridized carbons (Fsp3) is 0.610. The number of fused-ring (bicyclic) bond motifs is 3. The van der Waals surface area contributed by atoms with Crippen molar-refractivity contribution in [3.05, 3.63) is 36.0 Å². The van der Waals surface area contributed by atoms with Crippen LogP contribution in [0.3, 0.4) is 0 Å². The van der Waals surface area contributed by atoms with E-state index >= 15 is 28.8 Å². The highest BCUT2D eigenvalue weighted by molar-refractivity contribution is 6.02. The molecule has 2 aromatic rings. The molecule has 0 saturated carbocycles. The molecule has 52 nitrogen and oxygen atoms in total. The molecule has 52 heteroatoms. The lowest BCUT2D eigenvalue weighted by atomic mass is 10.0. The summed E-state index contributed by atoms with van der Waals surface area (Å²) in [6, 6.07) is -13.5. The molecule has 43 N–H and O–H groups in total. The fourth-order valence-electron chi connectivity index (χ4n) is 14.6. The van der Waals surface area contributed by atoms with Crippen molar-refractivity contribution in [3.63, 3.8) is 0 Å². The summed E-state index contributed by atoms with van der Waals surface area (Å²) in [5.41, 5.74) is 51.7. The van der Waals surface area contributed by atoms with Crippen molar-refractivity contribution in [2.45, 2.75) is 233 Å². The number of nitrogens with one attached hydrogen (secondary N) is 25. The Bertz CT molecular complexity index is 4300. The van der Waals surface area contributed by atoms with Crippen molar-refractivity contribution in [1.82, 2.24) is 110 Å². The first-order valence-electron chi connectivity index (χ1n) is 42.8. The lowest BCUT2D eigenvalue weighted by Gasteiger charge is -2.34. The average Bonchev–Trinajstić information content (AvgIpc) is 1.66. The van der Waals surface area contributed by atoms with Gasteiger partial charge in [0, 0.05) is 82.3 Å². The average molecular weight is 1820 g/mol. The first kappa shape index (κ1) is 105. The molecule has 13 atom stereocenters. The normalized spacial score (nSPS) is 23.3. The van der Waals surface area contributed by atoms with Gasteiger partial charge < -0.3 is 162 Å². The van der Waals surface area contributed by atoms with Crippen molar-refractivity contribution in [2.75, 3.05) is 65.4 Å². The van der Waals surface area contributed by atoms with Crippen LogP contribution >= 0.6 is 0 Å². The molecule has 16 amide bonds. The second kappa shape index (κ2) is 54.7. The van der Waals surface area contributed by atoms with Crippen LogP contribution in [0.2, 0.25) is 0 Å². The molecule has 0 spiro atoms. The molecule has 129 heavy (non-hydrogen) atoms. The number of guanidine groups is 6. The third kappa shape index (κ3) is 37.5. The van der Waals surface area contributed by atoms with Crippen LogP contribution in [0.5, 0.6) is 0 Å². The molecule has 1 aromatic heterocycles. The topological polar surface area (TPSA) is 889 Å². The molecule has 0 unspecified atom stereocenters. The molecule has 3 aliphatic rings. The second-order valence-corrected chi connectivity index (χ2v) is 31.4. The van der Waals surface area contributed by atoms with Gasteiger partial charge in [0.25, 0.3) is 0 Å². The summed E-state index contributed by atoms with van der Waals surface area (Å²) in [5, 5.41) is 93.6. The predicted octanol–water partition coefficient (Wildman–Crippen LogP) is -11.0. The molecular weight excluding hydrogens is 1690 g/mol. The van der Waals surface area contributed by atoms with Gasteiger partial charge in [-0.2, -0.15) is 0 Å². The smallest absolute Gasteiger partial charge is 0.246 e. The Morgan fingerprint density at radius 1 is 0.380 bits per heavy atom. The van der Waals surface area contributed by atoms with E-state index in [1.807, 2.05) is 0 Å². The molecule has 3 saturated heterocycles. The number of benzene rings is 1. The van der Waals surface area contributed by atoms with E-state index in [1.165, 1.54) is 16.7 Å². The van der Waals surface area contributed by atoms with E-state index in [1.54, 1.807) is 30.5 Å². The summed E-state index contributed by atoms with van der Waals surface area (Å²) < 4.78 is 0. The van der Waals surface area contributed by atoms with Gasteiger partial charge >= 0.3 is 0 Å². The van der Waals surface area contributed by atoms with Crippen LogP contribution in [-0.2, 0) is 83.1 Å². The minimum absolute atomic E-state index is 0.0183. The fourth-order valence-corrected chi connectivity index (χ4v) is 14.6. The number of hydrogen-bond acceptors (Lipinski definition) is 23. The molecule has 3 fully saturated rings. The van der Waals surface area contributed by atoms with Gasteiger partial charge in [-0.15, -0.1) is 0 Å². The van der Waals surface area contributed by atoms with E-state index in [9.17, 15) is 47.9 Å². The molecule has 0 bridgehead atoms. The number of H-pyrrole nitrogens is 1. The summed E-state index contributed by atoms with van der Waals surface area (Å²) in [6.07, 6.45) is -1.40. The van der Waals surface area contributed by atoms with Crippen LogP contribution in [0.15, 0.2) is 30.5 Å². The maximum atomic E-state index is 15.4. The standard InChI is InChI=1S/C77H130N36O16/c1-40-59(117)100-39-58(116)102-44(16-4-5-27-78)61(119)108-50(25-26-56(79)114)66(124)105-49(21-10-32-97-76(89)90)65(123)110-53(37-57(80)115)68(126)107-48(20-9-31-96-75(87)88)64(122)109-51(22-11-33-98-77(91)92)70(128)113-35-13-24-55(113)71(129)112-34-12-23-54(112)69(127)111-52(36-41-38-99-43-15-3-2-14-42(41)43)67(125)106-47(19-8-30-95-74(85)86)63(121)104-46(18-7-29-94-73(83)84)62(120)103-45(60(118)101-40)17-6-28-93-72(81)82/h2-3,14-15,38,40,44-55,99H,4-13,16-37,39,78H2,1H3,(H2,79,114)(H2,80,115)(H,100,117)(H,101,118)(H,102,116)(H,103,120)(H,104,121)(H,105,124)(H,106,125)(H,107,126)(H,108,119)(H,109,122)(H,110,123)(H,111,127)(H4,81,82,93)(H4,83,84,94)(H4,85,86,95)(H4,87,88,96)(H4,89,90,97)(H4,91,92,98)/t40-,44-,45-,46-,47-,48-,49-,50-,51-,52-,53-,54+,55-/m0/s1. The number of rotatable bonds is 35. The van der Waals surface area contributed by atoms with Gasteiger partial charge in [-0.1, -0.05) is 18.2 Å². The quantitative estimate of drug-likeness (QED) is 0.0173. The highest BCUT2D eigenvalue weighted by Gasteiger charge is 2.46. The first-order valence-corrected chi connectivity index (χ1v) is 42.8. The molecule has 0 radical (unpaired) electrons. The Morgan fingerprint density at radius 3 is 1.13 bits per heavy atom. The van der Waals surface area contributed by atoms with E-state index in [4.69, 9.17) is 84.1 Å². The zero-order valence-corrected chi connectivity index (χ0v) is 72.3. The maximum absolute atomic E-state index is 15.4. The summed E-state index contributed by atoms with van der Waals surface area (Å²) in [4.78, 5) is 238. The van der Waals surface area contributed by atoms with Gasteiger partial charge in [0.15, 0.2) is 35.8 Å². The van der Waals surface area contributed by atoms with E-state index in [2.05, 4.69) is 101 Å². The van der Waals surface area contributed by atoms with Gasteiger partial charge in [0.1, 0.15) is 78.5 Å². The van der Waals surface area contributed by atoms with Crippen LogP contribution in [0.4, 0.5) is 0 Å². The molecule has 1 aromatic carbocycles. The molecule has 5 rings (SSSR count). The maximum Gasteiger partial charge on any atom is 0.246 e. The second-order valence-electron chi connectivity index (χ2n) is 31.4. The Morgan fingerprint density at radius 2 is 0.721 bits per heavy atom. The Balaban J connectivity index is 1.68. The van der Waals surface area contributed by atoms with Crippen molar-refractivity contribution >= 4 is 141 Å². The van der Waals surface area contributed by atoms with Crippen molar-refractivity contribution in [2.24, 2.45) is 51.6 Å². The lowest BCUT2D eigenvalue weighted by molar-refractivity contribution is -0.148. The number of primary amides is 2. The number of nitrogens with zero attached hydrogens (tertiary/aromatic N) is 2. The number of carbonyl (C=O) groups is 16. The molecule has 0 aliphatic carbocycles. The Hall–Kier alpha value is -14.1. The number of unbranched alkanes of at least 4 members (excludes halogenated alkanes) is 1. The Labute approximate surface area is 744 Å². The monoisotopic (exact) mass is 1820 g/mol. The molecule has 714 valence electrons. The molecular formula is C77H130N36O16. The highest BCUT2D eigenvalue weighted by atomic mass is 16.2. The summed E-state index contributed by atoms with van der Waals surface area (Å²) >= 11 is 0. The van der Waals surface area contributed by atoms with Crippen LogP contribution in [0.1, 0.15) is 154 Å². The number of nitrogens with two attached hydrogens (primary N) is 9. The zero-order chi connectivity index (χ0) is 95.4. The largest absolute Gasteiger partial charge is 0.370 e. The minimum Gasteiger partial charge on any atom is -0.370 e. The summed E-state index contributed by atoms with van der Waals surface area (Å²) in [6.45, 7) is 0.120. The van der Waals surface area contributed by atoms with Crippen LogP contribution in [-0.4, -0.2) is 289 Å². The zero-order valence-electron chi connectivity index (χ0n) is 72.3. The number of carbonyl (C=O) groups excluding carboxylic acids is 16. The number of amides is 16. The van der Waals surface area contributed by atoms with Gasteiger partial charge in [0.05, 0.1) is 13.0 Å². The van der Waals surface area contributed by atoms with E-state index < -0.39 is 235 Å². The van der Waals surface area contributed by atoms with E-state index in [-0.39, 0.29) is 181 Å². The first-order chi connectivity index (χ1) is 61.3. The van der Waals surface area contributed by atoms with Gasteiger partial charge in [-0.25, -0.2) is 0 Å². The lowest BCUT2D eigenvalue weighted by Crippen LogP contribution is -2.61. The van der Waals surface area contributed by atoms with Gasteiger partial charge in [-0.05, 0) is 154 Å². The molecule has 3 aliphatic heterocycles. The predicted molar refractivity (Wildman–Crippen MR) is 471 cm³/mol. The van der Waals surface area contributed by atoms with Crippen LogP contribution < -0.4 is 147 Å². The number of aromatic amines is 1. The van der Waals surface area contributed by atoms with Crippen molar-refractivity contribution < 1.29 is 76.7 Å². The van der Waals surface area contributed by atoms with Gasteiger partial charge in [0.2, 0.25) is 94.5 Å². The third-order valence-corrected chi connectivity index (χ3v) is 21.2. The molecule has 4 heterocycles.